The number of halogens is 3. The summed E-state index contributed by atoms with van der Waals surface area (Å²) in [6, 6.07) is 29.7. The van der Waals surface area contributed by atoms with E-state index in [-0.39, 0.29) is 99.8 Å². The van der Waals surface area contributed by atoms with Crippen LogP contribution in [0, 0.1) is 28.8 Å². The van der Waals surface area contributed by atoms with Crippen LogP contribution in [-0.4, -0.2) is 252 Å². The number of amides is 9. The summed E-state index contributed by atoms with van der Waals surface area (Å²) >= 11 is 0. The van der Waals surface area contributed by atoms with E-state index >= 15 is 0 Å². The average molecular weight is 1800 g/mol. The molecule has 0 radical (unpaired) electrons. The Kier molecular flexibility index (Phi) is 33.5. The number of nitrogens with two attached hydrogens (primary N) is 4. The van der Waals surface area contributed by atoms with Gasteiger partial charge in [-0.3, -0.25) is 43.2 Å². The van der Waals surface area contributed by atoms with Crippen LogP contribution >= 0.6 is 0 Å². The van der Waals surface area contributed by atoms with Crippen molar-refractivity contribution in [2.75, 3.05) is 167 Å². The van der Waals surface area contributed by atoms with Crippen molar-refractivity contribution in [3.05, 3.63) is 177 Å². The van der Waals surface area contributed by atoms with Crippen LogP contribution in [0.25, 0.3) is 0 Å². The van der Waals surface area contributed by atoms with Crippen molar-refractivity contribution >= 4 is 70.2 Å². The van der Waals surface area contributed by atoms with Crippen molar-refractivity contribution in [3.8, 4) is 17.2 Å². The Balaban J connectivity index is 0.000000157. The first-order valence-electron chi connectivity index (χ1n) is 48.3. The summed E-state index contributed by atoms with van der Waals surface area (Å²) in [4.78, 5) is 130. The van der Waals surface area contributed by atoms with Crippen LogP contribution in [0.4, 0.5) is 30.2 Å². The summed E-state index contributed by atoms with van der Waals surface area (Å²) in [7, 11) is 1.59. The first-order valence-corrected chi connectivity index (χ1v) is 48.3. The Morgan fingerprint density at radius 2 is 0.715 bits per heavy atom. The smallest absolute Gasteiger partial charge is 0.254 e. The van der Waals surface area contributed by atoms with E-state index in [4.69, 9.17) is 14.2 Å². The molecule has 7 saturated heterocycles. The summed E-state index contributed by atoms with van der Waals surface area (Å²) < 4.78 is 62.8. The molecular formula is C100H138F3N15O12+6. The van der Waals surface area contributed by atoms with Gasteiger partial charge in [0.2, 0.25) is 17.7 Å². The molecule has 10 fully saturated rings. The molecule has 130 heavy (non-hydrogen) atoms. The van der Waals surface area contributed by atoms with Gasteiger partial charge in [-0.15, -0.1) is 0 Å². The number of carbonyl (C=O) groups is 9. The molecule has 16 N–H and O–H groups in total. The quantitative estimate of drug-likeness (QED) is 0.0315. The molecular weight excluding hydrogens is 1660 g/mol. The number of piperazine rings is 3. The van der Waals surface area contributed by atoms with Crippen LogP contribution < -0.4 is 62.5 Å². The lowest BCUT2D eigenvalue weighted by Crippen LogP contribution is -2.86. The van der Waals surface area contributed by atoms with Crippen molar-refractivity contribution in [2.45, 2.75) is 191 Å². The molecule has 700 valence electrons. The van der Waals surface area contributed by atoms with Gasteiger partial charge >= 0.3 is 0 Å². The minimum absolute atomic E-state index is 0.0361. The Morgan fingerprint density at radius 3 is 1.05 bits per heavy atom. The lowest BCUT2D eigenvalue weighted by atomic mass is 9.83. The van der Waals surface area contributed by atoms with Gasteiger partial charge in [-0.1, -0.05) is 57.8 Å². The molecule has 9 amide bonds. The molecule has 7 heterocycles. The summed E-state index contributed by atoms with van der Waals surface area (Å²) in [6.45, 7) is 17.0. The zero-order valence-electron chi connectivity index (χ0n) is 76.4. The Labute approximate surface area is 762 Å². The topological polar surface area (TPSA) is 350 Å². The third-order valence-corrected chi connectivity index (χ3v) is 28.1. The highest BCUT2D eigenvalue weighted by molar-refractivity contribution is 6.02. The molecule has 0 aromatic heterocycles. The van der Waals surface area contributed by atoms with Gasteiger partial charge in [0.15, 0.2) is 18.3 Å². The maximum absolute atomic E-state index is 14.5. The molecule has 6 aromatic carbocycles. The van der Waals surface area contributed by atoms with E-state index < -0.39 is 22.9 Å². The molecule has 0 spiro atoms. The molecule has 6 aromatic rings. The maximum Gasteiger partial charge on any atom is 0.254 e. The zero-order valence-corrected chi connectivity index (χ0v) is 76.4. The number of ether oxygens (including phenoxy) is 3. The summed E-state index contributed by atoms with van der Waals surface area (Å²) in [5, 5.41) is 14.6. The van der Waals surface area contributed by atoms with Gasteiger partial charge < -0.3 is 91.9 Å². The number of nitrogens with one attached hydrogen (secondary N) is 2. The molecule has 0 bridgehead atoms. The van der Waals surface area contributed by atoms with E-state index in [1.165, 1.54) is 105 Å². The fraction of sp³-hybridized carbons (Fsp3) is 0.550. The van der Waals surface area contributed by atoms with E-state index in [1.807, 2.05) is 48.5 Å². The van der Waals surface area contributed by atoms with Crippen LogP contribution in [-0.2, 0) is 14.4 Å². The van der Waals surface area contributed by atoms with Crippen LogP contribution in [0.3, 0.4) is 0 Å². The number of piperidine rings is 1. The summed E-state index contributed by atoms with van der Waals surface area (Å²) in [5.41, 5.74) is 13.7. The van der Waals surface area contributed by atoms with Crippen molar-refractivity contribution in [2.24, 2.45) is 11.3 Å². The highest BCUT2D eigenvalue weighted by Gasteiger charge is 2.37. The third-order valence-electron chi connectivity index (χ3n) is 28.1. The van der Waals surface area contributed by atoms with E-state index in [0.717, 1.165) is 157 Å². The molecule has 3 aliphatic carbocycles. The van der Waals surface area contributed by atoms with E-state index in [2.05, 4.69) is 49.4 Å². The molecule has 3 saturated carbocycles. The molecule has 7 aliphatic heterocycles. The van der Waals surface area contributed by atoms with Crippen molar-refractivity contribution in [1.29, 1.82) is 0 Å². The number of anilines is 3. The SMILES string of the molecule is CC(C)(C[NH3+])C(=O)Nc1cc(F)cc(C(=O)N2CCN(C(=O)c3ccc(O[C@H]4CC[NH2+]C4)c(C4CCCCC4)c3)CC2)c1.CN(C(=O)CCC[NH3+])c1cc(F)cc(C(=O)N2CCN(C(=O)c3ccc(O[C@H]4CC[NH2+]C4)c(C4CCCCC4)c3)CC2)c1.O=C(Nc1cc(F)cc(C(=O)N2CCN(C(=O)c3ccc(O[C@H]4CC[NH2+]C4)c(C4CCCCC4)c3)CC2)c1)C1CC[NH2+]CC1. The molecule has 0 unspecified atom stereocenters. The second-order valence-electron chi connectivity index (χ2n) is 37.8. The highest BCUT2D eigenvalue weighted by Crippen LogP contribution is 2.43. The largest absolute Gasteiger partial charge is 0.484 e. The third kappa shape index (κ3) is 25.0. The fourth-order valence-electron chi connectivity index (χ4n) is 19.9. The summed E-state index contributed by atoms with van der Waals surface area (Å²) in [5.74, 6) is 0.516. The standard InChI is InChI=1S/C34H44FN5O4.2C33H44FN5O4/c35-27-18-26(19-28(21-27)38-32(41)24-8-11-36-12-9-24)34(43)40-16-14-39(15-17-40)33(42)25-6-7-31(44-29-10-13-37-22-29)30(20-25)23-4-2-1-3-5-23;1-33(2,21-35)32(42)37-26-17-24(16-25(34)19-26)31(41)39-14-12-38(13-15-39)30(40)23-8-9-29(43-27-10-11-36-20-27)28(18-23)22-6-4-3-5-7-22;1-37(31(40)8-5-12-35)27-19-25(18-26(34)21-27)33(42)39-16-14-38(15-17-39)32(41)24-9-10-30(43-28-11-13-36-22-28)29(20-24)23-6-3-2-4-7-23/h6-7,18-21,23-24,29,36-37H,1-5,8-17,22H2,(H,38,41);8-9,16-19,22,27,36H,3-7,10-15,20-21,35H2,1-2H3,(H,37,42);9-10,18-21,23,28,36H,2-8,11-17,22,35H2,1H3/p+6/t29-;27-;28-/m000/s1. The number of benzene rings is 6. The van der Waals surface area contributed by atoms with E-state index in [9.17, 15) is 56.3 Å². The predicted octanol–water partition coefficient (Wildman–Crippen LogP) is 6.66. The van der Waals surface area contributed by atoms with Crippen molar-refractivity contribution < 1.29 is 103 Å². The Morgan fingerprint density at radius 1 is 0.392 bits per heavy atom. The van der Waals surface area contributed by atoms with Crippen LogP contribution in [0.5, 0.6) is 17.2 Å². The lowest BCUT2D eigenvalue weighted by molar-refractivity contribution is -0.663. The normalized spacial score (nSPS) is 20.3. The monoisotopic (exact) mass is 1800 g/mol. The van der Waals surface area contributed by atoms with Gasteiger partial charge in [0.25, 0.3) is 35.4 Å². The Bertz CT molecular complexity index is 4930. The van der Waals surface area contributed by atoms with Gasteiger partial charge in [-0.05, 0) is 196 Å². The van der Waals surface area contributed by atoms with Gasteiger partial charge in [-0.25, -0.2) is 13.2 Å². The molecule has 10 aliphatic rings. The number of hydrogen-bond acceptors (Lipinski definition) is 12. The minimum Gasteiger partial charge on any atom is -0.484 e. The summed E-state index contributed by atoms with van der Waals surface area (Å²) in [6.07, 6.45) is 24.0. The van der Waals surface area contributed by atoms with Crippen LogP contribution in [0.15, 0.2) is 109 Å². The number of hydrogen-bond donors (Lipinski definition) is 8. The molecule has 3 atom stereocenters. The number of carbonyl (C=O) groups excluding carboxylic acids is 9. The van der Waals surface area contributed by atoms with E-state index in [0.29, 0.717) is 150 Å². The molecule has 16 rings (SSSR count). The second-order valence-corrected chi connectivity index (χ2v) is 37.8. The van der Waals surface area contributed by atoms with E-state index in [1.54, 1.807) is 62.4 Å². The minimum atomic E-state index is -0.724. The van der Waals surface area contributed by atoms with Gasteiger partial charge in [0.05, 0.1) is 51.2 Å². The van der Waals surface area contributed by atoms with Gasteiger partial charge in [0, 0.05) is 187 Å². The van der Waals surface area contributed by atoms with Gasteiger partial charge in [-0.2, -0.15) is 0 Å². The van der Waals surface area contributed by atoms with Crippen molar-refractivity contribution in [1.82, 2.24) is 29.4 Å². The first kappa shape index (κ1) is 95.6. The predicted molar refractivity (Wildman–Crippen MR) is 487 cm³/mol. The maximum atomic E-state index is 14.5. The number of nitrogens with zero attached hydrogens (tertiary/aromatic N) is 7. The second kappa shape index (κ2) is 45.6. The van der Waals surface area contributed by atoms with Crippen LogP contribution in [0.1, 0.15) is 252 Å². The average Bonchev–Trinajstić information content (AvgIpc) is 1.30. The molecule has 27 nitrogen and oxygen atoms in total. The Hall–Kier alpha value is -10.5. The zero-order chi connectivity index (χ0) is 91.4. The number of rotatable bonds is 24. The number of quaternary nitrogens is 6. The fourth-order valence-corrected chi connectivity index (χ4v) is 19.9. The van der Waals surface area contributed by atoms with Gasteiger partial charge in [0.1, 0.15) is 54.3 Å². The first-order chi connectivity index (χ1) is 62.9. The van der Waals surface area contributed by atoms with Crippen LogP contribution in [0.2, 0.25) is 0 Å². The van der Waals surface area contributed by atoms with Crippen molar-refractivity contribution in [3.63, 3.8) is 0 Å². The highest BCUT2D eigenvalue weighted by atomic mass is 19.1. The lowest BCUT2D eigenvalue weighted by Gasteiger charge is -2.35. The molecule has 30 heteroatoms.